The summed E-state index contributed by atoms with van der Waals surface area (Å²) in [6.07, 6.45) is 17.4. The Hall–Kier alpha value is -1.21. The molecule has 0 aromatic heterocycles. The van der Waals surface area contributed by atoms with Gasteiger partial charge in [-0.2, -0.15) is 0 Å². The van der Waals surface area contributed by atoms with Crippen LogP contribution in [0.4, 0.5) is 0 Å². The van der Waals surface area contributed by atoms with Crippen molar-refractivity contribution in [2.45, 2.75) is 95.5 Å². The molecule has 0 aliphatic heterocycles. The second kappa shape index (κ2) is 13.2. The van der Waals surface area contributed by atoms with E-state index in [9.17, 15) is 25.2 Å². The van der Waals surface area contributed by atoms with E-state index in [0.717, 1.165) is 19.3 Å². The predicted molar refractivity (Wildman–Crippen MR) is 113 cm³/mol. The molecule has 0 aromatic carbocycles. The molecule has 0 spiro atoms. The van der Waals surface area contributed by atoms with Gasteiger partial charge in [-0.05, 0) is 50.4 Å². The van der Waals surface area contributed by atoms with Gasteiger partial charge in [0.25, 0.3) is 0 Å². The average molecular weight is 413 g/mol. The molecule has 0 heterocycles. The standard InChI is InChI=1S/C23H40O6/c1-3-5-6-7-8-9-13-19-15-12-16-20(19)14-10-11-17-22(25,26)23(27,28)21(24)29-18-4-2/h4,9,13,19-20,25-28H,2-3,5-8,10-12,14-18H2,1H3/t19-,20-/m0/s1. The highest BCUT2D eigenvalue weighted by Gasteiger charge is 2.54. The molecule has 6 heteroatoms. The van der Waals surface area contributed by atoms with Crippen molar-refractivity contribution in [2.24, 2.45) is 11.8 Å². The second-order valence-electron chi connectivity index (χ2n) is 8.25. The van der Waals surface area contributed by atoms with Crippen LogP contribution in [0.15, 0.2) is 24.8 Å². The topological polar surface area (TPSA) is 107 Å². The zero-order valence-electron chi connectivity index (χ0n) is 17.9. The maximum absolute atomic E-state index is 11.6. The molecule has 0 aromatic rings. The molecule has 1 saturated carbocycles. The molecular formula is C23H40O6. The molecule has 4 N–H and O–H groups in total. The lowest BCUT2D eigenvalue weighted by Gasteiger charge is -2.32. The van der Waals surface area contributed by atoms with Crippen LogP contribution in [0.25, 0.3) is 0 Å². The largest absolute Gasteiger partial charge is 0.457 e. The fourth-order valence-corrected chi connectivity index (χ4v) is 3.99. The monoisotopic (exact) mass is 412 g/mol. The summed E-state index contributed by atoms with van der Waals surface area (Å²) >= 11 is 0. The van der Waals surface area contributed by atoms with Crippen LogP contribution in [-0.4, -0.2) is 44.6 Å². The lowest BCUT2D eigenvalue weighted by Crippen LogP contribution is -2.60. The van der Waals surface area contributed by atoms with Crippen molar-refractivity contribution in [3.8, 4) is 0 Å². The fraction of sp³-hybridized carbons (Fsp3) is 0.783. The maximum atomic E-state index is 11.6. The molecular weight excluding hydrogens is 372 g/mol. The molecule has 1 aliphatic carbocycles. The van der Waals surface area contributed by atoms with Gasteiger partial charge in [0.15, 0.2) is 0 Å². The first-order valence-corrected chi connectivity index (χ1v) is 11.1. The Balaban J connectivity index is 2.36. The van der Waals surface area contributed by atoms with Gasteiger partial charge in [-0.1, -0.05) is 63.8 Å². The summed E-state index contributed by atoms with van der Waals surface area (Å²) in [4.78, 5) is 11.6. The van der Waals surface area contributed by atoms with E-state index < -0.39 is 17.5 Å². The maximum Gasteiger partial charge on any atom is 0.372 e. The van der Waals surface area contributed by atoms with E-state index in [-0.39, 0.29) is 13.0 Å². The molecule has 0 amide bonds. The Labute approximate surface area is 175 Å². The Morgan fingerprint density at radius 2 is 1.86 bits per heavy atom. The molecule has 1 aliphatic rings. The van der Waals surface area contributed by atoms with Crippen molar-refractivity contribution >= 4 is 5.97 Å². The lowest BCUT2D eigenvalue weighted by atomic mass is 9.89. The molecule has 168 valence electrons. The number of carbonyl (C=O) groups excluding carboxylic acids is 1. The van der Waals surface area contributed by atoms with Gasteiger partial charge in [0.2, 0.25) is 5.79 Å². The lowest BCUT2D eigenvalue weighted by molar-refractivity contribution is -0.347. The second-order valence-corrected chi connectivity index (χ2v) is 8.25. The van der Waals surface area contributed by atoms with Crippen LogP contribution >= 0.6 is 0 Å². The number of unbranched alkanes of at least 4 members (excludes halogenated alkanes) is 5. The van der Waals surface area contributed by atoms with Crippen molar-refractivity contribution in [1.29, 1.82) is 0 Å². The highest BCUT2D eigenvalue weighted by molar-refractivity contribution is 5.78. The molecule has 2 atom stereocenters. The van der Waals surface area contributed by atoms with Gasteiger partial charge in [-0.15, -0.1) is 0 Å². The average Bonchev–Trinajstić information content (AvgIpc) is 3.13. The summed E-state index contributed by atoms with van der Waals surface area (Å²) in [5.74, 6) is -6.66. The zero-order chi connectivity index (χ0) is 21.8. The fourth-order valence-electron chi connectivity index (χ4n) is 3.99. The van der Waals surface area contributed by atoms with E-state index in [1.807, 2.05) is 0 Å². The van der Waals surface area contributed by atoms with Gasteiger partial charge in [-0.3, -0.25) is 0 Å². The molecule has 1 rings (SSSR count). The van der Waals surface area contributed by atoms with E-state index in [2.05, 4.69) is 30.4 Å². The van der Waals surface area contributed by atoms with E-state index in [1.165, 1.54) is 51.0 Å². The van der Waals surface area contributed by atoms with Crippen molar-refractivity contribution in [1.82, 2.24) is 0 Å². The SMILES string of the molecule is C=CCOC(=O)C(O)(O)C(O)(O)CCCC[C@H]1CCC[C@@H]1C=CCCCCCC. The van der Waals surface area contributed by atoms with Crippen molar-refractivity contribution in [2.75, 3.05) is 6.61 Å². The Morgan fingerprint density at radius 3 is 2.55 bits per heavy atom. The number of aliphatic hydroxyl groups is 4. The van der Waals surface area contributed by atoms with Crippen LogP contribution in [0.2, 0.25) is 0 Å². The molecule has 29 heavy (non-hydrogen) atoms. The smallest absolute Gasteiger partial charge is 0.372 e. The highest BCUT2D eigenvalue weighted by Crippen LogP contribution is 2.37. The normalized spacial score (nSPS) is 20.3. The van der Waals surface area contributed by atoms with Crippen LogP contribution < -0.4 is 0 Å². The summed E-state index contributed by atoms with van der Waals surface area (Å²) in [5, 5.41) is 39.6. The number of ether oxygens (including phenoxy) is 1. The quantitative estimate of drug-likeness (QED) is 0.142. The molecule has 6 nitrogen and oxygen atoms in total. The Bertz CT molecular complexity index is 511. The first-order chi connectivity index (χ1) is 13.8. The summed E-state index contributed by atoms with van der Waals surface area (Å²) in [5.41, 5.74) is 0. The number of hydrogen-bond donors (Lipinski definition) is 4. The highest BCUT2D eigenvalue weighted by atomic mass is 16.6. The molecule has 0 unspecified atom stereocenters. The Kier molecular flexibility index (Phi) is 11.7. The van der Waals surface area contributed by atoms with Crippen LogP contribution in [-0.2, 0) is 9.53 Å². The van der Waals surface area contributed by atoms with Gasteiger partial charge < -0.3 is 25.2 Å². The van der Waals surface area contributed by atoms with Gasteiger partial charge in [0.05, 0.1) is 0 Å². The van der Waals surface area contributed by atoms with Gasteiger partial charge in [-0.25, -0.2) is 4.79 Å². The summed E-state index contributed by atoms with van der Waals surface area (Å²) in [6, 6.07) is 0. The third-order valence-electron chi connectivity index (χ3n) is 5.85. The number of hydrogen-bond acceptors (Lipinski definition) is 6. The molecule has 0 radical (unpaired) electrons. The van der Waals surface area contributed by atoms with Crippen LogP contribution in [0, 0.1) is 11.8 Å². The molecule has 0 saturated heterocycles. The minimum Gasteiger partial charge on any atom is -0.457 e. The Morgan fingerprint density at radius 1 is 1.10 bits per heavy atom. The van der Waals surface area contributed by atoms with E-state index in [1.54, 1.807) is 0 Å². The third kappa shape index (κ3) is 8.59. The number of carbonyl (C=O) groups is 1. The van der Waals surface area contributed by atoms with Crippen LogP contribution in [0.3, 0.4) is 0 Å². The van der Waals surface area contributed by atoms with Crippen LogP contribution in [0.5, 0.6) is 0 Å². The summed E-state index contributed by atoms with van der Waals surface area (Å²) < 4.78 is 4.53. The number of allylic oxidation sites excluding steroid dienone is 2. The van der Waals surface area contributed by atoms with Gasteiger partial charge in [0, 0.05) is 6.42 Å². The van der Waals surface area contributed by atoms with Crippen molar-refractivity contribution < 1.29 is 30.0 Å². The third-order valence-corrected chi connectivity index (χ3v) is 5.85. The van der Waals surface area contributed by atoms with E-state index >= 15 is 0 Å². The van der Waals surface area contributed by atoms with Gasteiger partial charge >= 0.3 is 11.8 Å². The van der Waals surface area contributed by atoms with Crippen molar-refractivity contribution in [3.63, 3.8) is 0 Å². The minimum absolute atomic E-state index is 0.243. The first-order valence-electron chi connectivity index (χ1n) is 11.1. The predicted octanol–water partition coefficient (Wildman–Crippen LogP) is 3.58. The number of esters is 1. The van der Waals surface area contributed by atoms with Gasteiger partial charge in [0.1, 0.15) is 6.61 Å². The first kappa shape index (κ1) is 25.8. The minimum atomic E-state index is -3.37. The van der Waals surface area contributed by atoms with E-state index in [4.69, 9.17) is 0 Å². The van der Waals surface area contributed by atoms with E-state index in [0.29, 0.717) is 18.3 Å². The number of rotatable bonds is 15. The summed E-state index contributed by atoms with van der Waals surface area (Å²) in [7, 11) is 0. The molecule has 0 bridgehead atoms. The zero-order valence-corrected chi connectivity index (χ0v) is 17.9. The van der Waals surface area contributed by atoms with Crippen LogP contribution in [0.1, 0.15) is 84.0 Å². The van der Waals surface area contributed by atoms with Crippen molar-refractivity contribution in [3.05, 3.63) is 24.8 Å². The summed E-state index contributed by atoms with van der Waals surface area (Å²) in [6.45, 7) is 5.32. The molecule has 1 fully saturated rings.